The summed E-state index contributed by atoms with van der Waals surface area (Å²) in [4.78, 5) is 46.4. The minimum absolute atomic E-state index is 0.0328. The zero-order valence-corrected chi connectivity index (χ0v) is 45.1. The zero-order chi connectivity index (χ0) is 54.0. The number of carbonyl (C=O) groups excluding carboxylic acids is 2. The summed E-state index contributed by atoms with van der Waals surface area (Å²) in [7, 11) is 0. The van der Waals surface area contributed by atoms with Crippen LogP contribution in [0.1, 0.15) is 94.7 Å². The number of amides is 2. The summed E-state index contributed by atoms with van der Waals surface area (Å²) < 4.78 is 24.7. The highest BCUT2D eigenvalue weighted by Crippen LogP contribution is 2.41. The van der Waals surface area contributed by atoms with Gasteiger partial charge in [0.25, 0.3) is 5.88 Å². The van der Waals surface area contributed by atoms with Crippen LogP contribution in [0.2, 0.25) is 0 Å². The number of rotatable bonds is 19. The lowest BCUT2D eigenvalue weighted by Crippen LogP contribution is -2.54. The Morgan fingerprint density at radius 1 is 0.885 bits per heavy atom. The van der Waals surface area contributed by atoms with Crippen LogP contribution in [0.3, 0.4) is 0 Å². The van der Waals surface area contributed by atoms with Crippen LogP contribution in [0.5, 0.6) is 17.5 Å². The third-order valence-electron chi connectivity index (χ3n) is 16.2. The molecule has 1 aliphatic carbocycles. The molecule has 5 fully saturated rings. The van der Waals surface area contributed by atoms with Crippen molar-refractivity contribution in [2.75, 3.05) is 61.4 Å². The molecule has 20 nitrogen and oxygen atoms in total. The number of piperazine rings is 1. The fourth-order valence-electron chi connectivity index (χ4n) is 12.0. The molecule has 6 atom stereocenters. The van der Waals surface area contributed by atoms with Gasteiger partial charge in [-0.2, -0.15) is 0 Å². The number of β-amino-alcohol motifs (C(OH)–C–C–N with tert-alkyl or cyclic N) is 1. The van der Waals surface area contributed by atoms with Crippen LogP contribution in [-0.4, -0.2) is 151 Å². The van der Waals surface area contributed by atoms with Crippen LogP contribution >= 0.6 is 11.3 Å². The number of fused-ring (bicyclic) bond motifs is 2. The first-order valence-electron chi connectivity index (χ1n) is 27.3. The molecule has 4 saturated heterocycles. The third-order valence-corrected chi connectivity index (χ3v) is 17.1. The topological polar surface area (TPSA) is 251 Å². The Bertz CT molecular complexity index is 3020. The summed E-state index contributed by atoms with van der Waals surface area (Å²) in [6, 6.07) is 21.9. The van der Waals surface area contributed by atoms with E-state index in [-0.39, 0.29) is 79.5 Å². The van der Waals surface area contributed by atoms with Gasteiger partial charge in [0.15, 0.2) is 11.6 Å². The predicted molar refractivity (Wildman–Crippen MR) is 293 cm³/mol. The van der Waals surface area contributed by atoms with Gasteiger partial charge in [-0.3, -0.25) is 14.5 Å². The molecule has 0 radical (unpaired) electrons. The van der Waals surface area contributed by atoms with E-state index in [4.69, 9.17) is 24.5 Å². The van der Waals surface area contributed by atoms with Crippen LogP contribution in [0.4, 0.5) is 17.2 Å². The zero-order valence-electron chi connectivity index (χ0n) is 44.3. The van der Waals surface area contributed by atoms with E-state index < -0.39 is 18.1 Å². The SMILES string of the molecule is CC(C)[C@H](C(=O)N1C[C@H](O)C[C@H]1C(=O)N[C@@H](C)c1ccc(-c2scnc2CO)cc1)c1cc(OCCN2CCC(OC3CC(Oc4cc(N5C6CCC5CN(c5cc(-c7ccccc7O)nnc5N)C6)ccn4)C3)CC2)no1. The fraction of sp³-hybridized carbons (Fsp3) is 0.491. The van der Waals surface area contributed by atoms with E-state index in [2.05, 4.69) is 57.5 Å². The average Bonchev–Trinajstić information content (AvgIpc) is 4.36. The number of nitrogen functional groups attached to an aromatic ring is 1. The minimum atomic E-state index is -0.858. The van der Waals surface area contributed by atoms with Crippen LogP contribution < -0.4 is 30.3 Å². The third kappa shape index (κ3) is 11.5. The maximum absolute atomic E-state index is 14.3. The molecule has 2 amide bonds. The first-order valence-corrected chi connectivity index (χ1v) is 28.2. The number of carbonyl (C=O) groups is 2. The van der Waals surface area contributed by atoms with Crippen molar-refractivity contribution in [1.29, 1.82) is 0 Å². The van der Waals surface area contributed by atoms with Crippen LogP contribution in [-0.2, 0) is 20.9 Å². The van der Waals surface area contributed by atoms with Crippen molar-refractivity contribution in [3.8, 4) is 39.2 Å². The van der Waals surface area contributed by atoms with E-state index in [0.717, 1.165) is 92.1 Å². The maximum Gasteiger partial charge on any atom is 0.254 e. The highest BCUT2D eigenvalue weighted by Gasteiger charge is 2.45. The number of likely N-dealkylation sites (tertiary alicyclic amines) is 2. The Kier molecular flexibility index (Phi) is 15.8. The molecule has 21 heteroatoms. The molecular weight excluding hydrogens is 1010 g/mol. The van der Waals surface area contributed by atoms with Gasteiger partial charge >= 0.3 is 0 Å². The standard InChI is InChI=1S/C57H69N11O9S/c1-33(2)53(57(73)67-30-40(70)23-48(67)56(72)61-34(3)35-8-10-36(11-9-35)54-46(31-69)60-32-78-54)50-27-52(64-77-50)74-21-20-65-18-15-41(16-19-65)75-42-24-43(25-42)76-51-22-37(14-17-59-51)68-38-12-13-39(68)29-66(28-38)47-26-45(62-63-55(47)58)44-6-4-5-7-49(44)71/h4-11,14,17,22,26-27,32-34,38-43,48,53,69-71H,12-13,15-16,18-21,23-25,28-31H2,1-3H3,(H2,58,63)(H,61,72)/t34-,38?,39?,40+,42?,43?,48-,53-/m0/s1. The number of nitrogens with one attached hydrogen (secondary N) is 1. The molecule has 11 rings (SSSR count). The number of phenolic OH excluding ortho intramolecular Hbond substituents is 1. The average molecular weight is 1080 g/mol. The molecule has 8 heterocycles. The summed E-state index contributed by atoms with van der Waals surface area (Å²) in [5.41, 5.74) is 13.7. The van der Waals surface area contributed by atoms with Gasteiger partial charge < -0.3 is 59.8 Å². The molecule has 2 aromatic carbocycles. The van der Waals surface area contributed by atoms with Crippen molar-refractivity contribution in [2.24, 2.45) is 5.92 Å². The predicted octanol–water partition coefficient (Wildman–Crippen LogP) is 6.34. The number of pyridine rings is 1. The van der Waals surface area contributed by atoms with E-state index in [0.29, 0.717) is 53.4 Å². The summed E-state index contributed by atoms with van der Waals surface area (Å²) >= 11 is 1.46. The van der Waals surface area contributed by atoms with Gasteiger partial charge in [0.1, 0.15) is 30.4 Å². The lowest BCUT2D eigenvalue weighted by Gasteiger charge is -2.43. The Hall–Kier alpha value is -6.91. The number of aliphatic hydroxyl groups excluding tert-OH is 2. The van der Waals surface area contributed by atoms with E-state index in [1.807, 2.05) is 69.4 Å². The second-order valence-corrected chi connectivity index (χ2v) is 22.6. The molecular formula is C57H69N11O9S. The summed E-state index contributed by atoms with van der Waals surface area (Å²) in [5.74, 6) is 0.219. The van der Waals surface area contributed by atoms with E-state index in [1.165, 1.54) is 16.2 Å². The van der Waals surface area contributed by atoms with Gasteiger partial charge in [-0.1, -0.05) is 50.2 Å². The van der Waals surface area contributed by atoms with Crippen LogP contribution in [0.25, 0.3) is 21.7 Å². The number of aromatic hydroxyl groups is 1. The number of benzene rings is 2. The lowest BCUT2D eigenvalue weighted by molar-refractivity contribution is -0.141. The van der Waals surface area contributed by atoms with Crippen molar-refractivity contribution < 1.29 is 43.6 Å². The van der Waals surface area contributed by atoms with Gasteiger partial charge in [0, 0.05) is 100 Å². The number of piperidine rings is 1. The van der Waals surface area contributed by atoms with Gasteiger partial charge in [0.2, 0.25) is 17.7 Å². The first-order chi connectivity index (χ1) is 37.8. The molecule has 1 saturated carbocycles. The number of hydrogen-bond acceptors (Lipinski definition) is 19. The maximum atomic E-state index is 14.3. The number of phenols is 1. The molecule has 2 bridgehead atoms. The monoisotopic (exact) mass is 1080 g/mol. The van der Waals surface area contributed by atoms with Crippen LogP contribution in [0.15, 0.2) is 89.0 Å². The molecule has 4 aliphatic heterocycles. The van der Waals surface area contributed by atoms with Crippen molar-refractivity contribution in [3.63, 3.8) is 0 Å². The number of aliphatic hydroxyl groups is 2. The highest BCUT2D eigenvalue weighted by molar-refractivity contribution is 7.13. The van der Waals surface area contributed by atoms with Gasteiger partial charge in [-0.25, -0.2) is 9.97 Å². The molecule has 412 valence electrons. The van der Waals surface area contributed by atoms with E-state index in [1.54, 1.807) is 23.7 Å². The fourth-order valence-corrected chi connectivity index (χ4v) is 12.8. The normalized spacial score (nSPS) is 23.3. The number of aromatic nitrogens is 5. The Labute approximate surface area is 457 Å². The summed E-state index contributed by atoms with van der Waals surface area (Å²) in [6.45, 7) is 10.0. The molecule has 5 aliphatic rings. The number of anilines is 3. The highest BCUT2D eigenvalue weighted by atomic mass is 32.1. The first kappa shape index (κ1) is 53.1. The number of nitrogens with two attached hydrogens (primary N) is 1. The molecule has 4 aromatic heterocycles. The molecule has 0 spiro atoms. The quantitative estimate of drug-likeness (QED) is 0.0594. The summed E-state index contributed by atoms with van der Waals surface area (Å²) in [6.07, 6.45) is 7.13. The van der Waals surface area contributed by atoms with E-state index >= 15 is 0 Å². The summed E-state index contributed by atoms with van der Waals surface area (Å²) in [5, 5.41) is 46.6. The smallest absolute Gasteiger partial charge is 0.254 e. The van der Waals surface area contributed by atoms with Crippen molar-refractivity contribution in [2.45, 2.75) is 127 Å². The molecule has 78 heavy (non-hydrogen) atoms. The number of para-hydroxylation sites is 1. The van der Waals surface area contributed by atoms with Gasteiger partial charge in [0.05, 0.1) is 58.4 Å². The number of nitrogens with zero attached hydrogens (tertiary/aromatic N) is 9. The number of thiazole rings is 1. The second kappa shape index (κ2) is 23.2. The Morgan fingerprint density at radius 3 is 2.40 bits per heavy atom. The van der Waals surface area contributed by atoms with Gasteiger partial charge in [-0.05, 0) is 79.1 Å². The van der Waals surface area contributed by atoms with Crippen LogP contribution in [0, 0.1) is 5.92 Å². The minimum Gasteiger partial charge on any atom is -0.507 e. The van der Waals surface area contributed by atoms with E-state index in [9.17, 15) is 24.9 Å². The van der Waals surface area contributed by atoms with Crippen molar-refractivity contribution >= 4 is 40.3 Å². The Morgan fingerprint density at radius 2 is 1.65 bits per heavy atom. The Balaban J connectivity index is 0.601. The number of ether oxygens (including phenoxy) is 3. The van der Waals surface area contributed by atoms with Crippen molar-refractivity contribution in [3.05, 3.63) is 102 Å². The second-order valence-electron chi connectivity index (χ2n) is 21.7. The molecule has 6 N–H and O–H groups in total. The van der Waals surface area contributed by atoms with Gasteiger partial charge in [-0.15, -0.1) is 21.5 Å². The number of hydrogen-bond donors (Lipinski definition) is 5. The largest absolute Gasteiger partial charge is 0.507 e. The van der Waals surface area contributed by atoms with Crippen molar-refractivity contribution in [1.82, 2.24) is 40.4 Å². The molecule has 6 aromatic rings. The lowest BCUT2D eigenvalue weighted by atomic mass is 9.91. The molecule has 2 unspecified atom stereocenters.